The van der Waals surface area contributed by atoms with Gasteiger partial charge in [-0.2, -0.15) is 0 Å². The van der Waals surface area contributed by atoms with Gasteiger partial charge in [0.2, 0.25) is 0 Å². The number of aryl methyl sites for hydroxylation is 1. The number of halogens is 1. The smallest absolute Gasteiger partial charge is 0.307 e. The molecule has 0 saturated heterocycles. The molecule has 1 aromatic carbocycles. The summed E-state index contributed by atoms with van der Waals surface area (Å²) >= 11 is 0. The van der Waals surface area contributed by atoms with Crippen LogP contribution in [0.4, 0.5) is 4.39 Å². The van der Waals surface area contributed by atoms with Crippen molar-refractivity contribution in [1.82, 2.24) is 9.55 Å². The first kappa shape index (κ1) is 13.8. The number of hydrogen-bond acceptors (Lipinski definition) is 2. The van der Waals surface area contributed by atoms with Gasteiger partial charge in [-0.1, -0.05) is 18.2 Å². The highest BCUT2D eigenvalue weighted by Gasteiger charge is 2.33. The molecule has 110 valence electrons. The molecule has 1 aliphatic carbocycles. The van der Waals surface area contributed by atoms with E-state index in [1.165, 1.54) is 6.07 Å². The highest BCUT2D eigenvalue weighted by atomic mass is 19.1. The zero-order chi connectivity index (χ0) is 15.0. The van der Waals surface area contributed by atoms with E-state index in [-0.39, 0.29) is 11.7 Å². The lowest BCUT2D eigenvalue weighted by Crippen LogP contribution is -2.25. The molecule has 3 rings (SSSR count). The largest absolute Gasteiger partial charge is 0.481 e. The highest BCUT2D eigenvalue weighted by molar-refractivity contribution is 5.77. The Hall–Kier alpha value is -2.17. The normalized spacial score (nSPS) is 21.8. The first-order valence-electron chi connectivity index (χ1n) is 7.16. The summed E-state index contributed by atoms with van der Waals surface area (Å²) in [4.78, 5) is 15.9. The van der Waals surface area contributed by atoms with E-state index in [4.69, 9.17) is 0 Å². The van der Waals surface area contributed by atoms with Crippen molar-refractivity contribution in [2.75, 3.05) is 0 Å². The molecule has 1 aromatic heterocycles. The maximum absolute atomic E-state index is 13.9. The van der Waals surface area contributed by atoms with Crippen LogP contribution in [0.2, 0.25) is 0 Å². The van der Waals surface area contributed by atoms with Gasteiger partial charge in [0.25, 0.3) is 0 Å². The number of carboxylic acid groups (broad SMARTS) is 1. The standard InChI is InChI=1S/C16H17FN2O2/c1-2-19-13-9-5-8-12(17)14(13)18-15(19)10-6-3-4-7-11(10)16(20)21/h3-5,8-11H,2,6-7H2,1H3,(H,20,21). The van der Waals surface area contributed by atoms with E-state index in [1.54, 1.807) is 6.07 Å². The van der Waals surface area contributed by atoms with Crippen LogP contribution in [0.1, 0.15) is 31.5 Å². The summed E-state index contributed by atoms with van der Waals surface area (Å²) in [6.45, 7) is 2.60. The Labute approximate surface area is 121 Å². The molecular formula is C16H17FN2O2. The zero-order valence-electron chi connectivity index (χ0n) is 11.8. The fourth-order valence-corrected chi connectivity index (χ4v) is 3.12. The number of hydrogen-bond donors (Lipinski definition) is 1. The second-order valence-electron chi connectivity index (χ2n) is 5.32. The van der Waals surface area contributed by atoms with Gasteiger partial charge in [0.15, 0.2) is 5.82 Å². The van der Waals surface area contributed by atoms with Crippen molar-refractivity contribution in [3.8, 4) is 0 Å². The molecule has 1 aliphatic rings. The summed E-state index contributed by atoms with van der Waals surface area (Å²) < 4.78 is 15.9. The Kier molecular flexibility index (Phi) is 3.49. The second-order valence-corrected chi connectivity index (χ2v) is 5.32. The molecule has 0 spiro atoms. The molecule has 0 fully saturated rings. The van der Waals surface area contributed by atoms with E-state index in [2.05, 4.69) is 4.98 Å². The van der Waals surface area contributed by atoms with Gasteiger partial charge in [-0.05, 0) is 31.9 Å². The first-order chi connectivity index (χ1) is 10.1. The summed E-state index contributed by atoms with van der Waals surface area (Å²) in [5.74, 6) is -1.22. The number of imidazole rings is 1. The predicted molar refractivity (Wildman–Crippen MR) is 77.6 cm³/mol. The summed E-state index contributed by atoms with van der Waals surface area (Å²) in [6, 6.07) is 4.87. The number of carbonyl (C=O) groups is 1. The number of allylic oxidation sites excluding steroid dienone is 2. The number of fused-ring (bicyclic) bond motifs is 1. The van der Waals surface area contributed by atoms with Crippen molar-refractivity contribution in [1.29, 1.82) is 0 Å². The van der Waals surface area contributed by atoms with E-state index >= 15 is 0 Å². The lowest BCUT2D eigenvalue weighted by atomic mass is 9.82. The summed E-state index contributed by atoms with van der Waals surface area (Å²) in [5.41, 5.74) is 1.05. The van der Waals surface area contributed by atoms with E-state index in [0.29, 0.717) is 30.7 Å². The van der Waals surface area contributed by atoms with Crippen LogP contribution < -0.4 is 0 Å². The maximum atomic E-state index is 13.9. The predicted octanol–water partition coefficient (Wildman–Crippen LogP) is 3.33. The molecule has 2 aromatic rings. The zero-order valence-corrected chi connectivity index (χ0v) is 11.8. The molecule has 0 radical (unpaired) electrons. The van der Waals surface area contributed by atoms with Crippen LogP contribution in [-0.2, 0) is 11.3 Å². The minimum absolute atomic E-state index is 0.209. The second kappa shape index (κ2) is 5.31. The molecule has 0 amide bonds. The number of rotatable bonds is 3. The quantitative estimate of drug-likeness (QED) is 0.881. The molecule has 2 atom stereocenters. The molecule has 1 N–H and O–H groups in total. The van der Waals surface area contributed by atoms with Crippen molar-refractivity contribution in [2.24, 2.45) is 5.92 Å². The van der Waals surface area contributed by atoms with E-state index in [9.17, 15) is 14.3 Å². The minimum Gasteiger partial charge on any atom is -0.481 e. The molecule has 1 heterocycles. The van der Waals surface area contributed by atoms with Crippen molar-refractivity contribution in [3.05, 3.63) is 42.0 Å². The van der Waals surface area contributed by atoms with Crippen molar-refractivity contribution in [2.45, 2.75) is 32.2 Å². The third kappa shape index (κ3) is 2.22. The molecule has 2 unspecified atom stereocenters. The van der Waals surface area contributed by atoms with Crippen LogP contribution in [0.3, 0.4) is 0 Å². The number of aromatic nitrogens is 2. The Bertz CT molecular complexity index is 720. The van der Waals surface area contributed by atoms with Gasteiger partial charge < -0.3 is 9.67 Å². The minimum atomic E-state index is -0.820. The van der Waals surface area contributed by atoms with Crippen LogP contribution in [0.5, 0.6) is 0 Å². The van der Waals surface area contributed by atoms with Gasteiger partial charge >= 0.3 is 5.97 Å². The number of carboxylic acids is 1. The van der Waals surface area contributed by atoms with Crippen molar-refractivity contribution in [3.63, 3.8) is 0 Å². The van der Waals surface area contributed by atoms with Gasteiger partial charge in [0, 0.05) is 12.5 Å². The lowest BCUT2D eigenvalue weighted by molar-refractivity contribution is -0.142. The molecule has 5 heteroatoms. The topological polar surface area (TPSA) is 55.1 Å². The van der Waals surface area contributed by atoms with Crippen molar-refractivity contribution < 1.29 is 14.3 Å². The molecule has 0 aliphatic heterocycles. The number of aliphatic carboxylic acids is 1. The Morgan fingerprint density at radius 3 is 2.90 bits per heavy atom. The van der Waals surface area contributed by atoms with E-state index < -0.39 is 11.9 Å². The van der Waals surface area contributed by atoms with Gasteiger partial charge in [0.1, 0.15) is 11.3 Å². The van der Waals surface area contributed by atoms with Gasteiger partial charge in [0.05, 0.1) is 11.4 Å². The van der Waals surface area contributed by atoms with Crippen LogP contribution in [0.15, 0.2) is 30.4 Å². The lowest BCUT2D eigenvalue weighted by Gasteiger charge is -2.25. The van der Waals surface area contributed by atoms with Crippen LogP contribution in [0.25, 0.3) is 11.0 Å². The monoisotopic (exact) mass is 288 g/mol. The molecule has 0 saturated carbocycles. The SMILES string of the molecule is CCn1c(C2CC=CCC2C(=O)O)nc2c(F)cccc21. The van der Waals surface area contributed by atoms with E-state index in [0.717, 1.165) is 5.52 Å². The molecule has 21 heavy (non-hydrogen) atoms. The fraction of sp³-hybridized carbons (Fsp3) is 0.375. The third-order valence-corrected chi connectivity index (χ3v) is 4.16. The van der Waals surface area contributed by atoms with Gasteiger partial charge in [-0.15, -0.1) is 0 Å². The number of nitrogens with zero attached hydrogens (tertiary/aromatic N) is 2. The molecular weight excluding hydrogens is 271 g/mol. The van der Waals surface area contributed by atoms with Crippen LogP contribution in [-0.4, -0.2) is 20.6 Å². The average molecular weight is 288 g/mol. The Morgan fingerprint density at radius 2 is 2.19 bits per heavy atom. The summed E-state index contributed by atoms with van der Waals surface area (Å²) in [5, 5.41) is 9.42. The summed E-state index contributed by atoms with van der Waals surface area (Å²) in [7, 11) is 0. The fourth-order valence-electron chi connectivity index (χ4n) is 3.12. The highest BCUT2D eigenvalue weighted by Crippen LogP contribution is 2.36. The van der Waals surface area contributed by atoms with Gasteiger partial charge in [-0.3, -0.25) is 4.79 Å². The Balaban J connectivity index is 2.17. The Morgan fingerprint density at radius 1 is 1.43 bits per heavy atom. The van der Waals surface area contributed by atoms with Gasteiger partial charge in [-0.25, -0.2) is 9.37 Å². The van der Waals surface area contributed by atoms with Crippen LogP contribution in [0, 0.1) is 11.7 Å². The number of benzene rings is 1. The average Bonchev–Trinajstić information content (AvgIpc) is 2.87. The molecule has 4 nitrogen and oxygen atoms in total. The number of para-hydroxylation sites is 1. The maximum Gasteiger partial charge on any atom is 0.307 e. The van der Waals surface area contributed by atoms with Crippen molar-refractivity contribution >= 4 is 17.0 Å². The third-order valence-electron chi connectivity index (χ3n) is 4.16. The first-order valence-corrected chi connectivity index (χ1v) is 7.16. The summed E-state index contributed by atoms with van der Waals surface area (Å²) in [6.07, 6.45) is 5.01. The van der Waals surface area contributed by atoms with Crippen LogP contribution >= 0.6 is 0 Å². The molecule has 0 bridgehead atoms. The van der Waals surface area contributed by atoms with E-state index in [1.807, 2.05) is 29.7 Å².